The van der Waals surface area contributed by atoms with Crippen LogP contribution in [0.15, 0.2) is 4.52 Å². The molecule has 0 spiro atoms. The smallest absolute Gasteiger partial charge is 0.290 e. The van der Waals surface area contributed by atoms with Crippen molar-refractivity contribution in [3.8, 4) is 0 Å². The zero-order chi connectivity index (χ0) is 13.7. The second kappa shape index (κ2) is 6.07. The van der Waals surface area contributed by atoms with Gasteiger partial charge in [0.05, 0.1) is 0 Å². The maximum Gasteiger partial charge on any atom is 0.290 e. The summed E-state index contributed by atoms with van der Waals surface area (Å²) in [6.45, 7) is 4.17. The van der Waals surface area contributed by atoms with E-state index in [0.717, 1.165) is 18.7 Å². The van der Waals surface area contributed by atoms with Crippen LogP contribution in [0, 0.1) is 6.92 Å². The number of amides is 1. The third-order valence-corrected chi connectivity index (χ3v) is 2.43. The summed E-state index contributed by atoms with van der Waals surface area (Å²) in [6.07, 6.45) is 2.24. The maximum absolute atomic E-state index is 11.7. The highest BCUT2D eigenvalue weighted by atomic mass is 16.5. The van der Waals surface area contributed by atoms with Crippen LogP contribution in [0.2, 0.25) is 0 Å². The highest BCUT2D eigenvalue weighted by Gasteiger charge is 2.12. The van der Waals surface area contributed by atoms with Crippen molar-refractivity contribution in [2.24, 2.45) is 0 Å². The largest absolute Gasteiger partial charge is 0.349 e. The van der Waals surface area contributed by atoms with Crippen molar-refractivity contribution in [3.63, 3.8) is 0 Å². The molecule has 0 radical (unpaired) electrons. The molecule has 2 N–H and O–H groups in total. The Hall–Kier alpha value is -2.25. The molecule has 2 aromatic heterocycles. The molecule has 8 nitrogen and oxygen atoms in total. The molecule has 1 amide bonds. The molecule has 0 aliphatic carbocycles. The van der Waals surface area contributed by atoms with Crippen LogP contribution in [0.25, 0.3) is 0 Å². The minimum absolute atomic E-state index is 0.160. The molecular formula is C11H16N6O2. The molecule has 0 aromatic carbocycles. The van der Waals surface area contributed by atoms with Crippen LogP contribution in [0.5, 0.6) is 0 Å². The number of H-pyrrole nitrogens is 1. The van der Waals surface area contributed by atoms with E-state index in [0.29, 0.717) is 24.7 Å². The Bertz CT molecular complexity index is 547. The number of rotatable bonds is 6. The zero-order valence-electron chi connectivity index (χ0n) is 10.9. The highest BCUT2D eigenvalue weighted by Crippen LogP contribution is 1.97. The van der Waals surface area contributed by atoms with E-state index in [1.807, 2.05) is 6.92 Å². The zero-order valence-corrected chi connectivity index (χ0v) is 10.9. The summed E-state index contributed by atoms with van der Waals surface area (Å²) in [7, 11) is 0. The minimum atomic E-state index is -0.307. The fourth-order valence-corrected chi connectivity index (χ4v) is 1.56. The highest BCUT2D eigenvalue weighted by molar-refractivity contribution is 5.90. The SMILES string of the molecule is CCCc1nc(C(=O)NCCc2noc(C)n2)n[nH]1. The first kappa shape index (κ1) is 13.2. The van der Waals surface area contributed by atoms with Crippen LogP contribution in [-0.4, -0.2) is 37.8 Å². The standard InChI is InChI=1S/C11H16N6O2/c1-3-4-8-14-10(16-15-8)11(18)12-6-5-9-13-7(2)19-17-9/h3-6H2,1-2H3,(H,12,18)(H,14,15,16). The Morgan fingerprint density at radius 2 is 2.21 bits per heavy atom. The Labute approximate surface area is 110 Å². The van der Waals surface area contributed by atoms with Crippen molar-refractivity contribution < 1.29 is 9.32 Å². The molecule has 0 fully saturated rings. The first-order chi connectivity index (χ1) is 9.19. The lowest BCUT2D eigenvalue weighted by Crippen LogP contribution is -2.27. The van der Waals surface area contributed by atoms with Gasteiger partial charge in [0.2, 0.25) is 11.7 Å². The number of aromatic nitrogens is 5. The van der Waals surface area contributed by atoms with Gasteiger partial charge in [0.25, 0.3) is 5.91 Å². The van der Waals surface area contributed by atoms with Crippen LogP contribution >= 0.6 is 0 Å². The maximum atomic E-state index is 11.7. The number of nitrogens with one attached hydrogen (secondary N) is 2. The van der Waals surface area contributed by atoms with Crippen LogP contribution in [-0.2, 0) is 12.8 Å². The van der Waals surface area contributed by atoms with Gasteiger partial charge >= 0.3 is 0 Å². The van der Waals surface area contributed by atoms with Gasteiger partial charge in [-0.1, -0.05) is 12.1 Å². The second-order valence-corrected chi connectivity index (χ2v) is 4.09. The summed E-state index contributed by atoms with van der Waals surface area (Å²) in [5, 5.41) is 13.0. The molecule has 0 aliphatic rings. The van der Waals surface area contributed by atoms with E-state index >= 15 is 0 Å². The molecule has 2 aromatic rings. The van der Waals surface area contributed by atoms with Crippen molar-refractivity contribution >= 4 is 5.91 Å². The molecule has 2 rings (SSSR count). The Morgan fingerprint density at radius 1 is 1.37 bits per heavy atom. The molecule has 2 heterocycles. The van der Waals surface area contributed by atoms with Gasteiger partial charge in [-0.25, -0.2) is 4.98 Å². The Kier molecular flexibility index (Phi) is 4.22. The number of nitrogens with zero attached hydrogens (tertiary/aromatic N) is 4. The molecule has 0 saturated carbocycles. The van der Waals surface area contributed by atoms with Crippen molar-refractivity contribution in [2.75, 3.05) is 6.54 Å². The monoisotopic (exact) mass is 264 g/mol. The number of carbonyl (C=O) groups excluding carboxylic acids is 1. The summed E-state index contributed by atoms with van der Waals surface area (Å²) in [6, 6.07) is 0. The fraction of sp³-hybridized carbons (Fsp3) is 0.545. The third-order valence-electron chi connectivity index (χ3n) is 2.43. The van der Waals surface area contributed by atoms with Crippen LogP contribution < -0.4 is 5.32 Å². The molecular weight excluding hydrogens is 248 g/mol. The van der Waals surface area contributed by atoms with E-state index in [2.05, 4.69) is 30.6 Å². The number of aryl methyl sites for hydroxylation is 2. The van der Waals surface area contributed by atoms with Gasteiger partial charge in [-0.2, -0.15) is 4.98 Å². The summed E-state index contributed by atoms with van der Waals surface area (Å²) in [4.78, 5) is 19.9. The average molecular weight is 264 g/mol. The normalized spacial score (nSPS) is 10.6. The summed E-state index contributed by atoms with van der Waals surface area (Å²) < 4.78 is 4.83. The fourth-order valence-electron chi connectivity index (χ4n) is 1.56. The van der Waals surface area contributed by atoms with Crippen molar-refractivity contribution in [2.45, 2.75) is 33.1 Å². The summed E-state index contributed by atoms with van der Waals surface area (Å²) in [5.74, 6) is 1.66. The molecule has 0 bridgehead atoms. The van der Waals surface area contributed by atoms with Gasteiger partial charge in [0.15, 0.2) is 5.82 Å². The summed E-state index contributed by atoms with van der Waals surface area (Å²) in [5.41, 5.74) is 0. The number of hydrogen-bond donors (Lipinski definition) is 2. The Balaban J connectivity index is 1.80. The second-order valence-electron chi connectivity index (χ2n) is 4.09. The van der Waals surface area contributed by atoms with E-state index in [4.69, 9.17) is 4.52 Å². The minimum Gasteiger partial charge on any atom is -0.349 e. The van der Waals surface area contributed by atoms with Crippen molar-refractivity contribution in [3.05, 3.63) is 23.4 Å². The van der Waals surface area contributed by atoms with Gasteiger partial charge in [-0.05, 0) is 6.42 Å². The van der Waals surface area contributed by atoms with Gasteiger partial charge in [-0.3, -0.25) is 9.89 Å². The summed E-state index contributed by atoms with van der Waals surface area (Å²) >= 11 is 0. The first-order valence-corrected chi connectivity index (χ1v) is 6.17. The van der Waals surface area contributed by atoms with Gasteiger partial charge in [0, 0.05) is 26.3 Å². The van der Waals surface area contributed by atoms with E-state index in [9.17, 15) is 4.79 Å². The van der Waals surface area contributed by atoms with E-state index in [-0.39, 0.29) is 11.7 Å². The first-order valence-electron chi connectivity index (χ1n) is 6.17. The van der Waals surface area contributed by atoms with Crippen LogP contribution in [0.1, 0.15) is 41.5 Å². The quantitative estimate of drug-likeness (QED) is 0.782. The van der Waals surface area contributed by atoms with Gasteiger partial charge in [0.1, 0.15) is 5.82 Å². The molecule has 0 aliphatic heterocycles. The molecule has 0 atom stereocenters. The number of aromatic amines is 1. The van der Waals surface area contributed by atoms with E-state index in [1.165, 1.54) is 0 Å². The van der Waals surface area contributed by atoms with E-state index in [1.54, 1.807) is 6.92 Å². The van der Waals surface area contributed by atoms with E-state index < -0.39 is 0 Å². The van der Waals surface area contributed by atoms with Crippen LogP contribution in [0.3, 0.4) is 0 Å². The molecule has 0 unspecified atom stereocenters. The predicted molar refractivity (Wildman–Crippen MR) is 65.4 cm³/mol. The van der Waals surface area contributed by atoms with Gasteiger partial charge < -0.3 is 9.84 Å². The Morgan fingerprint density at radius 3 is 2.89 bits per heavy atom. The topological polar surface area (TPSA) is 110 Å². The predicted octanol–water partition coefficient (Wildman–Crippen LogP) is 0.421. The molecule has 0 saturated heterocycles. The lowest BCUT2D eigenvalue weighted by atomic mass is 10.3. The number of hydrogen-bond acceptors (Lipinski definition) is 6. The molecule has 8 heteroatoms. The van der Waals surface area contributed by atoms with Crippen molar-refractivity contribution in [1.82, 2.24) is 30.6 Å². The lowest BCUT2D eigenvalue weighted by molar-refractivity contribution is 0.0944. The number of carbonyl (C=O) groups is 1. The average Bonchev–Trinajstić information content (AvgIpc) is 2.99. The lowest BCUT2D eigenvalue weighted by Gasteiger charge is -1.98. The molecule has 19 heavy (non-hydrogen) atoms. The van der Waals surface area contributed by atoms with Gasteiger partial charge in [-0.15, -0.1) is 5.10 Å². The van der Waals surface area contributed by atoms with Crippen molar-refractivity contribution in [1.29, 1.82) is 0 Å². The van der Waals surface area contributed by atoms with Crippen LogP contribution in [0.4, 0.5) is 0 Å². The third kappa shape index (κ3) is 3.60. The molecule has 102 valence electrons.